The lowest BCUT2D eigenvalue weighted by Crippen LogP contribution is -2.29. The molecule has 0 spiro atoms. The third-order valence-electron chi connectivity index (χ3n) is 5.86. The topological polar surface area (TPSA) is 97.4 Å². The highest BCUT2D eigenvalue weighted by atomic mass is 35.5. The summed E-state index contributed by atoms with van der Waals surface area (Å²) in [5, 5.41) is 10.5. The predicted molar refractivity (Wildman–Crippen MR) is 150 cm³/mol. The number of rotatable bonds is 7. The number of benzene rings is 2. The number of halogens is 2. The minimum atomic E-state index is -0.409. The molecule has 1 aliphatic rings. The molecule has 0 bridgehead atoms. The molecule has 1 fully saturated rings. The molecule has 0 unspecified atom stereocenters. The van der Waals surface area contributed by atoms with Gasteiger partial charge in [0.05, 0.1) is 21.3 Å². The molecule has 5 rings (SSSR count). The molecule has 4 aromatic rings. The highest BCUT2D eigenvalue weighted by Gasteiger charge is 2.25. The van der Waals surface area contributed by atoms with E-state index in [0.29, 0.717) is 41.7 Å². The molecule has 2 aromatic carbocycles. The molecule has 3 heterocycles. The van der Waals surface area contributed by atoms with Crippen LogP contribution < -0.4 is 20.7 Å². The van der Waals surface area contributed by atoms with Crippen LogP contribution in [0, 0.1) is 17.7 Å². The average Bonchev–Trinajstić information content (AvgIpc) is 3.54. The van der Waals surface area contributed by atoms with Crippen molar-refractivity contribution >= 4 is 50.8 Å². The Morgan fingerprint density at radius 1 is 1.26 bits per heavy atom. The number of ether oxygens (including phenoxy) is 2. The minimum Gasteiger partial charge on any atom is -0.487 e. The van der Waals surface area contributed by atoms with Crippen LogP contribution in [0.2, 0.25) is 5.02 Å². The van der Waals surface area contributed by atoms with Crippen molar-refractivity contribution in [3.8, 4) is 17.6 Å². The summed E-state index contributed by atoms with van der Waals surface area (Å²) in [4.78, 5) is 22.1. The Morgan fingerprint density at radius 3 is 2.97 bits per heavy atom. The van der Waals surface area contributed by atoms with Gasteiger partial charge in [0.2, 0.25) is 0 Å². The lowest BCUT2D eigenvalue weighted by Gasteiger charge is -2.11. The van der Waals surface area contributed by atoms with Gasteiger partial charge >= 0.3 is 6.09 Å². The molecule has 1 saturated heterocycles. The molecular formula is C28H25ClFN5O3S. The van der Waals surface area contributed by atoms with Crippen molar-refractivity contribution in [2.24, 2.45) is 0 Å². The van der Waals surface area contributed by atoms with Gasteiger partial charge in [-0.1, -0.05) is 35.6 Å². The minimum absolute atomic E-state index is 0.0675. The second kappa shape index (κ2) is 12.3. The Labute approximate surface area is 233 Å². The molecule has 3 N–H and O–H groups in total. The van der Waals surface area contributed by atoms with Crippen LogP contribution in [-0.2, 0) is 11.3 Å². The number of nitrogens with one attached hydrogen (secondary N) is 3. The van der Waals surface area contributed by atoms with Crippen molar-refractivity contribution in [2.45, 2.75) is 32.1 Å². The van der Waals surface area contributed by atoms with Crippen molar-refractivity contribution in [3.05, 3.63) is 76.1 Å². The summed E-state index contributed by atoms with van der Waals surface area (Å²) in [6, 6.07) is 13.5. The summed E-state index contributed by atoms with van der Waals surface area (Å²) in [6.45, 7) is 3.14. The average molecular weight is 566 g/mol. The van der Waals surface area contributed by atoms with Gasteiger partial charge in [-0.2, -0.15) is 0 Å². The molecule has 200 valence electrons. The number of carbonyl (C=O) groups excluding carboxylic acids is 1. The number of fused-ring (bicyclic) bond motifs is 1. The number of carbonyl (C=O) groups is 1. The van der Waals surface area contributed by atoms with Gasteiger partial charge in [-0.15, -0.1) is 11.3 Å². The fourth-order valence-electron chi connectivity index (χ4n) is 4.04. The number of hydrogen-bond acceptors (Lipinski definition) is 8. The molecule has 0 aliphatic carbocycles. The Balaban J connectivity index is 1.24. The first kappa shape index (κ1) is 26.7. The Bertz CT molecular complexity index is 1550. The summed E-state index contributed by atoms with van der Waals surface area (Å²) < 4.78 is 24.5. The number of nitrogens with zero attached hydrogens (tertiary/aromatic N) is 2. The summed E-state index contributed by atoms with van der Waals surface area (Å²) in [5.74, 6) is 7.23. The van der Waals surface area contributed by atoms with Crippen molar-refractivity contribution in [2.75, 3.05) is 18.4 Å². The van der Waals surface area contributed by atoms with Crippen LogP contribution in [0.1, 0.15) is 23.8 Å². The van der Waals surface area contributed by atoms with E-state index in [1.165, 1.54) is 29.8 Å². The first-order chi connectivity index (χ1) is 19.0. The molecule has 0 saturated carbocycles. The fourth-order valence-corrected chi connectivity index (χ4v) is 5.13. The van der Waals surface area contributed by atoms with E-state index in [1.807, 2.05) is 19.1 Å². The van der Waals surface area contributed by atoms with Gasteiger partial charge in [-0.25, -0.2) is 19.2 Å². The van der Waals surface area contributed by atoms with Gasteiger partial charge in [-0.3, -0.25) is 5.32 Å². The normalized spacial score (nSPS) is 16.4. The van der Waals surface area contributed by atoms with E-state index < -0.39 is 6.09 Å². The third-order valence-corrected chi connectivity index (χ3v) is 7.12. The first-order valence-corrected chi connectivity index (χ1v) is 13.5. The summed E-state index contributed by atoms with van der Waals surface area (Å²) in [5.41, 5.74) is 1.44. The molecule has 39 heavy (non-hydrogen) atoms. The molecule has 0 radical (unpaired) electrons. The van der Waals surface area contributed by atoms with Crippen molar-refractivity contribution < 1.29 is 18.7 Å². The van der Waals surface area contributed by atoms with Gasteiger partial charge in [0, 0.05) is 25.2 Å². The number of hydrogen-bond donors (Lipinski definition) is 3. The van der Waals surface area contributed by atoms with E-state index in [1.54, 1.807) is 24.3 Å². The maximum absolute atomic E-state index is 13.4. The van der Waals surface area contributed by atoms with Crippen molar-refractivity contribution in [3.63, 3.8) is 0 Å². The molecule has 8 nitrogen and oxygen atoms in total. The monoisotopic (exact) mass is 565 g/mol. The van der Waals surface area contributed by atoms with Crippen LogP contribution in [0.3, 0.4) is 0 Å². The van der Waals surface area contributed by atoms with Gasteiger partial charge in [0.1, 0.15) is 41.3 Å². The number of alkyl carbamates (subject to hydrolysis) is 1. The maximum Gasteiger partial charge on any atom is 0.407 e. The zero-order valence-corrected chi connectivity index (χ0v) is 22.5. The van der Waals surface area contributed by atoms with Crippen molar-refractivity contribution in [1.29, 1.82) is 0 Å². The van der Waals surface area contributed by atoms with Crippen LogP contribution in [0.25, 0.3) is 10.2 Å². The highest BCUT2D eigenvalue weighted by Crippen LogP contribution is 2.33. The quantitative estimate of drug-likeness (QED) is 0.250. The van der Waals surface area contributed by atoms with Gasteiger partial charge in [0.25, 0.3) is 0 Å². The highest BCUT2D eigenvalue weighted by molar-refractivity contribution is 7.19. The molecule has 1 amide bonds. The van der Waals surface area contributed by atoms with E-state index in [-0.39, 0.29) is 24.6 Å². The second-order valence-corrected chi connectivity index (χ2v) is 10.2. The predicted octanol–water partition coefficient (Wildman–Crippen LogP) is 5.63. The molecule has 11 heteroatoms. The van der Waals surface area contributed by atoms with Crippen LogP contribution in [-0.4, -0.2) is 41.3 Å². The summed E-state index contributed by atoms with van der Waals surface area (Å²) >= 11 is 7.92. The number of anilines is 2. The second-order valence-electron chi connectivity index (χ2n) is 8.76. The molecule has 2 aromatic heterocycles. The number of thiophene rings is 1. The SMILES string of the molecule is CCNC(=O)O[C@H]1CN[C@H](C#Cc2cc3c(Nc4ccc(OCc5cccc(F)c5)c(Cl)c4)ncnc3s2)C1. The van der Waals surface area contributed by atoms with Gasteiger partial charge < -0.3 is 20.1 Å². The number of aromatic nitrogens is 2. The van der Waals surface area contributed by atoms with E-state index in [4.69, 9.17) is 21.1 Å². The number of amides is 1. The van der Waals surface area contributed by atoms with E-state index in [2.05, 4.69) is 37.8 Å². The smallest absolute Gasteiger partial charge is 0.407 e. The third kappa shape index (κ3) is 6.95. The van der Waals surface area contributed by atoms with Crippen LogP contribution in [0.4, 0.5) is 20.7 Å². The zero-order valence-electron chi connectivity index (χ0n) is 21.0. The maximum atomic E-state index is 13.4. The van der Waals surface area contributed by atoms with Gasteiger partial charge in [-0.05, 0) is 48.9 Å². The first-order valence-electron chi connectivity index (χ1n) is 12.3. The lowest BCUT2D eigenvalue weighted by molar-refractivity contribution is 0.107. The summed E-state index contributed by atoms with van der Waals surface area (Å²) in [7, 11) is 0. The lowest BCUT2D eigenvalue weighted by atomic mass is 10.2. The van der Waals surface area contributed by atoms with E-state index in [9.17, 15) is 9.18 Å². The van der Waals surface area contributed by atoms with Crippen LogP contribution in [0.15, 0.2) is 54.9 Å². The molecule has 1 aliphatic heterocycles. The zero-order chi connectivity index (χ0) is 27.2. The molecular weight excluding hydrogens is 541 g/mol. The standard InChI is InChI=1S/C28H25ClFN5O3S/c1-2-31-28(36)38-21-11-19(32-14-21)6-8-22-13-23-26(33-16-34-27(23)39-22)35-20-7-9-25(24(29)12-20)37-15-17-4-3-5-18(30)10-17/h3-5,7,9-10,12-13,16,19,21,32H,2,11,14-15H2,1H3,(H,31,36)(H,33,34,35)/t19-,21-/m1/s1. The largest absolute Gasteiger partial charge is 0.487 e. The van der Waals surface area contributed by atoms with Gasteiger partial charge in [0.15, 0.2) is 0 Å². The van der Waals surface area contributed by atoms with E-state index in [0.717, 1.165) is 20.8 Å². The Hall–Kier alpha value is -3.91. The Morgan fingerprint density at radius 2 is 2.15 bits per heavy atom. The van der Waals surface area contributed by atoms with Crippen LogP contribution >= 0.6 is 22.9 Å². The van der Waals surface area contributed by atoms with Crippen molar-refractivity contribution in [1.82, 2.24) is 20.6 Å². The summed E-state index contributed by atoms with van der Waals surface area (Å²) in [6.07, 6.45) is 1.51. The molecule has 2 atom stereocenters. The van der Waals surface area contributed by atoms with Crippen LogP contribution in [0.5, 0.6) is 5.75 Å². The van der Waals surface area contributed by atoms with E-state index >= 15 is 0 Å². The fraction of sp³-hybridized carbons (Fsp3) is 0.250. The Kier molecular flexibility index (Phi) is 8.42.